The lowest BCUT2D eigenvalue weighted by Crippen LogP contribution is -2.57. The number of nitrogens with zero attached hydrogens (tertiary/aromatic N) is 3. The minimum absolute atomic E-state index is 0.196. The standard InChI is InChI=1S/C17H34N4O3S/c1-4-18-16(21-11-14-25(22,23)17(2,3)15-21)19-7-5-6-8-20-9-12-24-13-10-20/h4-15H2,1-3H3,(H,18,19). The summed E-state index contributed by atoms with van der Waals surface area (Å²) in [6.45, 7) is 13.1. The minimum Gasteiger partial charge on any atom is -0.379 e. The predicted molar refractivity (Wildman–Crippen MR) is 102 cm³/mol. The highest BCUT2D eigenvalue weighted by Gasteiger charge is 2.40. The summed E-state index contributed by atoms with van der Waals surface area (Å²) < 4.78 is 29.0. The summed E-state index contributed by atoms with van der Waals surface area (Å²) in [5.41, 5.74) is 0. The summed E-state index contributed by atoms with van der Waals surface area (Å²) in [7, 11) is -3.02. The van der Waals surface area contributed by atoms with Crippen LogP contribution in [0, 0.1) is 0 Å². The number of hydrogen-bond acceptors (Lipinski definition) is 5. The molecule has 146 valence electrons. The van der Waals surface area contributed by atoms with Crippen LogP contribution in [0.25, 0.3) is 0 Å². The van der Waals surface area contributed by atoms with Crippen molar-refractivity contribution in [1.82, 2.24) is 15.1 Å². The summed E-state index contributed by atoms with van der Waals surface area (Å²) >= 11 is 0. The van der Waals surface area contributed by atoms with Gasteiger partial charge in [-0.1, -0.05) is 0 Å². The number of hydrogen-bond donors (Lipinski definition) is 1. The fourth-order valence-electron chi connectivity index (χ4n) is 3.21. The van der Waals surface area contributed by atoms with Crippen molar-refractivity contribution < 1.29 is 13.2 Å². The highest BCUT2D eigenvalue weighted by atomic mass is 32.2. The van der Waals surface area contributed by atoms with Gasteiger partial charge < -0.3 is 15.0 Å². The maximum Gasteiger partial charge on any atom is 0.193 e. The third kappa shape index (κ3) is 5.82. The molecule has 2 rings (SSSR count). The molecule has 1 N–H and O–H groups in total. The Bertz CT molecular complexity index is 542. The van der Waals surface area contributed by atoms with Gasteiger partial charge in [-0.2, -0.15) is 0 Å². The van der Waals surface area contributed by atoms with Crippen LogP contribution in [-0.4, -0.2) is 93.7 Å². The van der Waals surface area contributed by atoms with E-state index in [1.54, 1.807) is 13.8 Å². The topological polar surface area (TPSA) is 74.2 Å². The first-order valence-corrected chi connectivity index (χ1v) is 11.1. The second-order valence-corrected chi connectivity index (χ2v) is 10.1. The highest BCUT2D eigenvalue weighted by molar-refractivity contribution is 7.92. The van der Waals surface area contributed by atoms with E-state index in [-0.39, 0.29) is 5.75 Å². The van der Waals surface area contributed by atoms with Gasteiger partial charge in [0, 0.05) is 39.3 Å². The maximum absolute atomic E-state index is 12.2. The highest BCUT2D eigenvalue weighted by Crippen LogP contribution is 2.23. The number of sulfone groups is 1. The lowest BCUT2D eigenvalue weighted by atomic mass is 10.2. The van der Waals surface area contributed by atoms with Crippen molar-refractivity contribution in [2.75, 3.05) is 64.8 Å². The predicted octanol–water partition coefficient (Wildman–Crippen LogP) is 0.573. The average molecular weight is 375 g/mol. The number of aliphatic imine (C=N–C) groups is 1. The fourth-order valence-corrected chi connectivity index (χ4v) is 4.57. The van der Waals surface area contributed by atoms with Gasteiger partial charge in [0.1, 0.15) is 0 Å². The van der Waals surface area contributed by atoms with Crippen molar-refractivity contribution in [3.05, 3.63) is 0 Å². The van der Waals surface area contributed by atoms with Crippen molar-refractivity contribution in [2.24, 2.45) is 4.99 Å². The van der Waals surface area contributed by atoms with Gasteiger partial charge in [-0.25, -0.2) is 8.42 Å². The van der Waals surface area contributed by atoms with E-state index < -0.39 is 14.6 Å². The maximum atomic E-state index is 12.2. The smallest absolute Gasteiger partial charge is 0.193 e. The van der Waals surface area contributed by atoms with E-state index in [9.17, 15) is 8.42 Å². The monoisotopic (exact) mass is 374 g/mol. The molecule has 0 aromatic carbocycles. The molecule has 0 aromatic heterocycles. The molecule has 2 aliphatic heterocycles. The quantitative estimate of drug-likeness (QED) is 0.416. The van der Waals surface area contributed by atoms with Gasteiger partial charge in [0.25, 0.3) is 0 Å². The van der Waals surface area contributed by atoms with Gasteiger partial charge in [0.05, 0.1) is 23.7 Å². The molecule has 2 saturated heterocycles. The molecule has 0 bridgehead atoms. The van der Waals surface area contributed by atoms with E-state index in [0.717, 1.165) is 64.7 Å². The molecule has 2 aliphatic rings. The third-order valence-corrected chi connectivity index (χ3v) is 7.46. The molecule has 0 aliphatic carbocycles. The SMILES string of the molecule is CCNC(=NCCCCN1CCOCC1)N1CCS(=O)(=O)C(C)(C)C1. The zero-order valence-corrected chi connectivity index (χ0v) is 16.8. The Morgan fingerprint density at radius 3 is 2.56 bits per heavy atom. The second kappa shape index (κ2) is 9.19. The van der Waals surface area contributed by atoms with Crippen LogP contribution < -0.4 is 5.32 Å². The molecule has 8 heteroatoms. The van der Waals surface area contributed by atoms with E-state index in [1.807, 2.05) is 6.92 Å². The van der Waals surface area contributed by atoms with Crippen LogP contribution in [0.3, 0.4) is 0 Å². The summed E-state index contributed by atoms with van der Waals surface area (Å²) in [5.74, 6) is 1.04. The summed E-state index contributed by atoms with van der Waals surface area (Å²) in [4.78, 5) is 9.26. The lowest BCUT2D eigenvalue weighted by Gasteiger charge is -2.39. The number of nitrogens with one attached hydrogen (secondary N) is 1. The summed E-state index contributed by atoms with van der Waals surface area (Å²) in [6.07, 6.45) is 2.17. The number of guanidine groups is 1. The molecular formula is C17H34N4O3S. The molecule has 0 spiro atoms. The van der Waals surface area contributed by atoms with Gasteiger partial charge in [-0.05, 0) is 40.2 Å². The van der Waals surface area contributed by atoms with Crippen molar-refractivity contribution >= 4 is 15.8 Å². The van der Waals surface area contributed by atoms with Crippen molar-refractivity contribution in [1.29, 1.82) is 0 Å². The number of ether oxygens (including phenoxy) is 1. The van der Waals surface area contributed by atoms with Crippen LogP contribution in [0.1, 0.15) is 33.6 Å². The Hall–Kier alpha value is -0.860. The van der Waals surface area contributed by atoms with Gasteiger partial charge in [0.2, 0.25) is 0 Å². The van der Waals surface area contributed by atoms with Gasteiger partial charge in [0.15, 0.2) is 15.8 Å². The Balaban J connectivity index is 1.81. The van der Waals surface area contributed by atoms with E-state index in [1.165, 1.54) is 0 Å². The zero-order chi connectivity index (χ0) is 18.3. The molecule has 0 unspecified atom stereocenters. The molecular weight excluding hydrogens is 340 g/mol. The Morgan fingerprint density at radius 1 is 1.20 bits per heavy atom. The molecule has 2 heterocycles. The zero-order valence-electron chi connectivity index (χ0n) is 16.0. The van der Waals surface area contributed by atoms with Crippen LogP contribution in [0.15, 0.2) is 4.99 Å². The lowest BCUT2D eigenvalue weighted by molar-refractivity contribution is 0.0373. The molecule has 7 nitrogen and oxygen atoms in total. The van der Waals surface area contributed by atoms with Gasteiger partial charge in [-0.3, -0.25) is 9.89 Å². The van der Waals surface area contributed by atoms with Crippen LogP contribution in [0.2, 0.25) is 0 Å². The fraction of sp³-hybridized carbons (Fsp3) is 0.941. The first-order chi connectivity index (χ1) is 11.9. The van der Waals surface area contributed by atoms with E-state index in [0.29, 0.717) is 13.1 Å². The molecule has 0 aromatic rings. The van der Waals surface area contributed by atoms with Crippen molar-refractivity contribution in [3.63, 3.8) is 0 Å². The Labute approximate surface area is 152 Å². The van der Waals surface area contributed by atoms with Gasteiger partial charge in [-0.15, -0.1) is 0 Å². The second-order valence-electron chi connectivity index (χ2n) is 7.40. The first-order valence-electron chi connectivity index (χ1n) is 9.41. The average Bonchev–Trinajstić information content (AvgIpc) is 2.57. The van der Waals surface area contributed by atoms with Crippen molar-refractivity contribution in [3.8, 4) is 0 Å². The molecule has 0 atom stereocenters. The number of unbranched alkanes of at least 4 members (excludes halogenated alkanes) is 1. The van der Waals surface area contributed by atoms with Crippen LogP contribution in [0.4, 0.5) is 0 Å². The van der Waals surface area contributed by atoms with E-state index in [2.05, 4.69) is 15.1 Å². The molecule has 0 amide bonds. The third-order valence-electron chi connectivity index (χ3n) is 4.93. The Morgan fingerprint density at radius 2 is 1.92 bits per heavy atom. The molecule has 2 fully saturated rings. The normalized spacial score (nSPS) is 24.3. The van der Waals surface area contributed by atoms with Crippen LogP contribution in [-0.2, 0) is 14.6 Å². The molecule has 25 heavy (non-hydrogen) atoms. The summed E-state index contributed by atoms with van der Waals surface area (Å²) in [5, 5.41) is 3.31. The number of rotatable bonds is 6. The van der Waals surface area contributed by atoms with Crippen LogP contribution in [0.5, 0.6) is 0 Å². The largest absolute Gasteiger partial charge is 0.379 e. The van der Waals surface area contributed by atoms with Crippen molar-refractivity contribution in [2.45, 2.75) is 38.4 Å². The van der Waals surface area contributed by atoms with Gasteiger partial charge >= 0.3 is 0 Å². The first kappa shape index (κ1) is 20.5. The summed E-state index contributed by atoms with van der Waals surface area (Å²) in [6, 6.07) is 0. The van der Waals surface area contributed by atoms with E-state index in [4.69, 9.17) is 9.73 Å². The van der Waals surface area contributed by atoms with Crippen LogP contribution >= 0.6 is 0 Å². The molecule has 0 radical (unpaired) electrons. The number of morpholine rings is 1. The van der Waals surface area contributed by atoms with E-state index >= 15 is 0 Å². The minimum atomic E-state index is -3.02. The molecule has 0 saturated carbocycles. The Kier molecular flexibility index (Phi) is 7.51.